The standard InChI is InChI=1S/C34H50/c1-8-14-28-23-31(29-16-11-10-12-17-29)25-34(24-28,20-9-2)21-13-15-26(3)30-18-19-32(27(4)22-30)33(5,6)7/h10-12,16-19,22,28,31H,3,8-9,13-15,20-21,23-25H2,1-2,4-7H3. The van der Waals surface area contributed by atoms with Crippen molar-refractivity contribution in [3.8, 4) is 0 Å². The molecular formula is C34H50. The van der Waals surface area contributed by atoms with E-state index in [0.29, 0.717) is 5.41 Å². The molecule has 0 aromatic heterocycles. The predicted molar refractivity (Wildman–Crippen MR) is 152 cm³/mol. The van der Waals surface area contributed by atoms with E-state index in [2.05, 4.69) is 96.7 Å². The minimum Gasteiger partial charge on any atom is -0.0952 e. The van der Waals surface area contributed by atoms with Crippen LogP contribution in [-0.2, 0) is 5.41 Å². The molecule has 34 heavy (non-hydrogen) atoms. The molecule has 0 N–H and O–H groups in total. The predicted octanol–water partition coefficient (Wildman–Crippen LogP) is 10.6. The summed E-state index contributed by atoms with van der Waals surface area (Å²) in [5.74, 6) is 1.61. The molecule has 3 unspecified atom stereocenters. The molecule has 2 aromatic carbocycles. The van der Waals surface area contributed by atoms with Gasteiger partial charge in [-0.25, -0.2) is 0 Å². The van der Waals surface area contributed by atoms with Crippen LogP contribution in [0.5, 0.6) is 0 Å². The van der Waals surface area contributed by atoms with Crippen molar-refractivity contribution in [2.45, 2.75) is 117 Å². The van der Waals surface area contributed by atoms with Gasteiger partial charge in [-0.2, -0.15) is 0 Å². The van der Waals surface area contributed by atoms with E-state index < -0.39 is 0 Å². The third-order valence-corrected chi connectivity index (χ3v) is 8.40. The molecule has 0 spiro atoms. The van der Waals surface area contributed by atoms with Gasteiger partial charge in [0.25, 0.3) is 0 Å². The van der Waals surface area contributed by atoms with Gasteiger partial charge in [0.2, 0.25) is 0 Å². The minimum absolute atomic E-state index is 0.196. The van der Waals surface area contributed by atoms with E-state index in [0.717, 1.165) is 18.3 Å². The normalized spacial score (nSPS) is 23.1. The fourth-order valence-corrected chi connectivity index (χ4v) is 7.00. The van der Waals surface area contributed by atoms with Crippen molar-refractivity contribution in [3.63, 3.8) is 0 Å². The summed E-state index contributed by atoms with van der Waals surface area (Å²) in [5, 5.41) is 0. The fourth-order valence-electron chi connectivity index (χ4n) is 7.00. The molecule has 0 bridgehead atoms. The molecule has 2 aromatic rings. The molecule has 3 atom stereocenters. The highest BCUT2D eigenvalue weighted by Crippen LogP contribution is 2.53. The highest BCUT2D eigenvalue weighted by atomic mass is 14.4. The Labute approximate surface area is 211 Å². The Balaban J connectivity index is 1.70. The zero-order valence-electron chi connectivity index (χ0n) is 23.1. The van der Waals surface area contributed by atoms with Gasteiger partial charge in [0.05, 0.1) is 0 Å². The van der Waals surface area contributed by atoms with Crippen LogP contribution in [0, 0.1) is 18.3 Å². The third-order valence-electron chi connectivity index (χ3n) is 8.40. The van der Waals surface area contributed by atoms with Crippen molar-refractivity contribution in [2.75, 3.05) is 0 Å². The van der Waals surface area contributed by atoms with Crippen LogP contribution in [0.1, 0.15) is 127 Å². The second-order valence-electron chi connectivity index (χ2n) is 12.4. The molecule has 0 saturated heterocycles. The van der Waals surface area contributed by atoms with Crippen LogP contribution >= 0.6 is 0 Å². The lowest BCUT2D eigenvalue weighted by molar-refractivity contribution is 0.0894. The minimum atomic E-state index is 0.196. The molecule has 3 rings (SSSR count). The van der Waals surface area contributed by atoms with Gasteiger partial charge < -0.3 is 0 Å². The maximum absolute atomic E-state index is 4.52. The zero-order valence-corrected chi connectivity index (χ0v) is 23.1. The first-order valence-electron chi connectivity index (χ1n) is 14.0. The van der Waals surface area contributed by atoms with Crippen molar-refractivity contribution in [1.29, 1.82) is 0 Å². The number of aryl methyl sites for hydroxylation is 1. The molecular weight excluding hydrogens is 408 g/mol. The number of hydrogen-bond donors (Lipinski definition) is 0. The van der Waals surface area contributed by atoms with Crippen molar-refractivity contribution in [1.82, 2.24) is 0 Å². The van der Waals surface area contributed by atoms with E-state index in [-0.39, 0.29) is 5.41 Å². The lowest BCUT2D eigenvalue weighted by atomic mass is 9.59. The number of allylic oxidation sites excluding steroid dienone is 1. The van der Waals surface area contributed by atoms with Gasteiger partial charge in [-0.15, -0.1) is 0 Å². The molecule has 0 nitrogen and oxygen atoms in total. The molecule has 0 heterocycles. The highest BCUT2D eigenvalue weighted by Gasteiger charge is 2.39. The molecule has 1 saturated carbocycles. The van der Waals surface area contributed by atoms with Crippen molar-refractivity contribution >= 4 is 5.57 Å². The molecule has 1 aliphatic rings. The molecule has 0 heteroatoms. The summed E-state index contributed by atoms with van der Waals surface area (Å²) in [6.07, 6.45) is 13.3. The van der Waals surface area contributed by atoms with E-state index in [1.165, 1.54) is 80.1 Å². The topological polar surface area (TPSA) is 0 Å². The number of rotatable bonds is 10. The van der Waals surface area contributed by atoms with Gasteiger partial charge in [-0.05, 0) is 102 Å². The summed E-state index contributed by atoms with van der Waals surface area (Å²) in [6, 6.07) is 18.4. The maximum atomic E-state index is 4.52. The van der Waals surface area contributed by atoms with Gasteiger partial charge >= 0.3 is 0 Å². The van der Waals surface area contributed by atoms with Crippen molar-refractivity contribution in [3.05, 3.63) is 77.4 Å². The first-order valence-corrected chi connectivity index (χ1v) is 14.0. The Bertz CT molecular complexity index is 913. The van der Waals surface area contributed by atoms with Gasteiger partial charge in [0.1, 0.15) is 0 Å². The Kier molecular flexibility index (Phi) is 9.25. The van der Waals surface area contributed by atoms with Gasteiger partial charge in [0, 0.05) is 0 Å². The van der Waals surface area contributed by atoms with E-state index >= 15 is 0 Å². The molecule has 0 radical (unpaired) electrons. The first-order chi connectivity index (χ1) is 16.2. The highest BCUT2D eigenvalue weighted by molar-refractivity contribution is 5.64. The van der Waals surface area contributed by atoms with Crippen LogP contribution in [0.2, 0.25) is 0 Å². The summed E-state index contributed by atoms with van der Waals surface area (Å²) in [4.78, 5) is 0. The van der Waals surface area contributed by atoms with Crippen molar-refractivity contribution in [2.24, 2.45) is 11.3 Å². The molecule has 1 fully saturated rings. The Hall–Kier alpha value is -1.82. The van der Waals surface area contributed by atoms with E-state index in [4.69, 9.17) is 0 Å². The van der Waals surface area contributed by atoms with Crippen LogP contribution < -0.4 is 0 Å². The summed E-state index contributed by atoms with van der Waals surface area (Å²) in [6.45, 7) is 18.4. The number of benzene rings is 2. The largest absolute Gasteiger partial charge is 0.0952 e. The Morgan fingerprint density at radius 3 is 2.32 bits per heavy atom. The SMILES string of the molecule is C=C(CCCC1(CCC)CC(CCC)CC(c2ccccc2)C1)c1ccc(C(C)(C)C)c(C)c1. The molecule has 0 amide bonds. The number of hydrogen-bond acceptors (Lipinski definition) is 0. The second-order valence-corrected chi connectivity index (χ2v) is 12.4. The lowest BCUT2D eigenvalue weighted by Crippen LogP contribution is -2.33. The monoisotopic (exact) mass is 458 g/mol. The zero-order chi connectivity index (χ0) is 24.8. The summed E-state index contributed by atoms with van der Waals surface area (Å²) < 4.78 is 0. The average Bonchev–Trinajstić information content (AvgIpc) is 2.79. The second kappa shape index (κ2) is 11.7. The van der Waals surface area contributed by atoms with E-state index in [1.807, 2.05) is 0 Å². The van der Waals surface area contributed by atoms with E-state index in [9.17, 15) is 0 Å². The van der Waals surface area contributed by atoms with Gasteiger partial charge in [-0.1, -0.05) is 109 Å². The van der Waals surface area contributed by atoms with E-state index in [1.54, 1.807) is 5.56 Å². The Morgan fingerprint density at radius 2 is 1.71 bits per heavy atom. The Morgan fingerprint density at radius 1 is 0.971 bits per heavy atom. The quantitative estimate of drug-likeness (QED) is 0.332. The molecule has 0 aliphatic heterocycles. The maximum Gasteiger partial charge on any atom is -0.0129 e. The molecule has 186 valence electrons. The van der Waals surface area contributed by atoms with Crippen LogP contribution in [0.25, 0.3) is 5.57 Å². The van der Waals surface area contributed by atoms with Crippen LogP contribution in [0.4, 0.5) is 0 Å². The molecule has 1 aliphatic carbocycles. The van der Waals surface area contributed by atoms with Crippen LogP contribution in [0.3, 0.4) is 0 Å². The lowest BCUT2D eigenvalue weighted by Gasteiger charge is -2.45. The van der Waals surface area contributed by atoms with Gasteiger partial charge in [0.15, 0.2) is 0 Å². The first kappa shape index (κ1) is 26.8. The summed E-state index contributed by atoms with van der Waals surface area (Å²) in [7, 11) is 0. The van der Waals surface area contributed by atoms with Crippen molar-refractivity contribution < 1.29 is 0 Å². The fraction of sp³-hybridized carbons (Fsp3) is 0.588. The van der Waals surface area contributed by atoms with Crippen LogP contribution in [-0.4, -0.2) is 0 Å². The summed E-state index contributed by atoms with van der Waals surface area (Å²) in [5.41, 5.74) is 7.76. The smallest absolute Gasteiger partial charge is 0.0129 e. The average molecular weight is 459 g/mol. The van der Waals surface area contributed by atoms with Crippen LogP contribution in [0.15, 0.2) is 55.1 Å². The summed E-state index contributed by atoms with van der Waals surface area (Å²) >= 11 is 0. The van der Waals surface area contributed by atoms with Gasteiger partial charge in [-0.3, -0.25) is 0 Å². The third kappa shape index (κ3) is 6.87.